The van der Waals surface area contributed by atoms with Crippen molar-refractivity contribution in [3.8, 4) is 56.0 Å². The van der Waals surface area contributed by atoms with Crippen LogP contribution in [0.5, 0.6) is 11.5 Å². The first-order valence-electron chi connectivity index (χ1n) is 11.7. The molecular weight excluding hydrogens is 416 g/mol. The first kappa shape index (κ1) is 19.2. The number of rotatable bonds is 2. The molecule has 2 heteroatoms. The third kappa shape index (κ3) is 2.63. The number of aromatic hydroxyl groups is 2. The van der Waals surface area contributed by atoms with E-state index in [2.05, 4.69) is 84.9 Å². The third-order valence-electron chi connectivity index (χ3n) is 7.40. The summed E-state index contributed by atoms with van der Waals surface area (Å²) < 4.78 is 0. The fourth-order valence-electron chi connectivity index (χ4n) is 5.91. The molecule has 5 aromatic rings. The summed E-state index contributed by atoms with van der Waals surface area (Å²) in [7, 11) is 0. The Morgan fingerprint density at radius 3 is 1.24 bits per heavy atom. The molecule has 2 nitrogen and oxygen atoms in total. The molecule has 7 rings (SSSR count). The van der Waals surface area contributed by atoms with Gasteiger partial charge in [-0.2, -0.15) is 0 Å². The van der Waals surface area contributed by atoms with Crippen LogP contribution in [0, 0.1) is 0 Å². The smallest absolute Gasteiger partial charge is 0.124 e. The zero-order valence-corrected chi connectivity index (χ0v) is 18.5. The summed E-state index contributed by atoms with van der Waals surface area (Å²) in [5.41, 5.74) is 13.2. The van der Waals surface area contributed by atoms with Crippen molar-refractivity contribution in [1.82, 2.24) is 0 Å². The molecular formula is C32H22O2. The Balaban J connectivity index is 1.49. The van der Waals surface area contributed by atoms with Crippen molar-refractivity contribution in [3.63, 3.8) is 0 Å². The number of phenolic OH excluding ortho intramolecular Hbond substituents is 2. The van der Waals surface area contributed by atoms with E-state index in [4.69, 9.17) is 0 Å². The van der Waals surface area contributed by atoms with Crippen LogP contribution < -0.4 is 0 Å². The third-order valence-corrected chi connectivity index (χ3v) is 7.40. The van der Waals surface area contributed by atoms with E-state index in [9.17, 15) is 10.2 Å². The second-order valence-corrected chi connectivity index (χ2v) is 9.19. The van der Waals surface area contributed by atoms with Gasteiger partial charge in [-0.1, -0.05) is 84.9 Å². The van der Waals surface area contributed by atoms with Gasteiger partial charge in [0, 0.05) is 11.1 Å². The van der Waals surface area contributed by atoms with Crippen LogP contribution in [-0.2, 0) is 12.8 Å². The zero-order chi connectivity index (χ0) is 22.8. The van der Waals surface area contributed by atoms with Gasteiger partial charge < -0.3 is 10.2 Å². The molecule has 34 heavy (non-hydrogen) atoms. The molecule has 0 heterocycles. The Morgan fingerprint density at radius 2 is 0.765 bits per heavy atom. The predicted molar refractivity (Wildman–Crippen MR) is 137 cm³/mol. The Kier molecular flexibility index (Phi) is 4.01. The lowest BCUT2D eigenvalue weighted by atomic mass is 9.86. The summed E-state index contributed by atoms with van der Waals surface area (Å²) in [5, 5.41) is 22.4. The molecule has 0 unspecified atom stereocenters. The summed E-state index contributed by atoms with van der Waals surface area (Å²) in [6.07, 6.45) is 1.63. The van der Waals surface area contributed by atoms with Crippen LogP contribution in [-0.4, -0.2) is 10.2 Å². The van der Waals surface area contributed by atoms with E-state index in [1.165, 1.54) is 44.5 Å². The van der Waals surface area contributed by atoms with Crippen molar-refractivity contribution < 1.29 is 10.2 Å². The van der Waals surface area contributed by atoms with Crippen molar-refractivity contribution in [2.24, 2.45) is 0 Å². The van der Waals surface area contributed by atoms with Crippen molar-refractivity contribution in [1.29, 1.82) is 0 Å². The van der Waals surface area contributed by atoms with E-state index < -0.39 is 0 Å². The normalized spacial score (nSPS) is 12.7. The van der Waals surface area contributed by atoms with Crippen LogP contribution in [0.3, 0.4) is 0 Å². The van der Waals surface area contributed by atoms with Crippen molar-refractivity contribution in [3.05, 3.63) is 119 Å². The average Bonchev–Trinajstić information content (AvgIpc) is 3.44. The topological polar surface area (TPSA) is 40.5 Å². The van der Waals surface area contributed by atoms with E-state index in [-0.39, 0.29) is 11.5 Å². The number of benzene rings is 5. The van der Waals surface area contributed by atoms with Gasteiger partial charge in [0.1, 0.15) is 11.5 Å². The summed E-state index contributed by atoms with van der Waals surface area (Å²) >= 11 is 0. The molecule has 0 saturated carbocycles. The van der Waals surface area contributed by atoms with E-state index in [1.807, 2.05) is 0 Å². The number of hydrogen-bond acceptors (Lipinski definition) is 2. The monoisotopic (exact) mass is 438 g/mol. The van der Waals surface area contributed by atoms with Crippen LogP contribution in [0.25, 0.3) is 44.5 Å². The van der Waals surface area contributed by atoms with E-state index in [0.717, 1.165) is 24.0 Å². The molecule has 0 bridgehead atoms. The van der Waals surface area contributed by atoms with Gasteiger partial charge in [0.25, 0.3) is 0 Å². The maximum atomic E-state index is 11.2. The van der Waals surface area contributed by atoms with Crippen LogP contribution in [0.15, 0.2) is 97.1 Å². The minimum atomic E-state index is 0.185. The second-order valence-electron chi connectivity index (χ2n) is 9.19. The van der Waals surface area contributed by atoms with Crippen LogP contribution in [0.2, 0.25) is 0 Å². The quantitative estimate of drug-likeness (QED) is 0.273. The zero-order valence-electron chi connectivity index (χ0n) is 18.5. The van der Waals surface area contributed by atoms with E-state index in [1.54, 1.807) is 12.1 Å². The van der Waals surface area contributed by atoms with Crippen LogP contribution in [0.1, 0.15) is 22.3 Å². The Bertz CT molecular complexity index is 1510. The van der Waals surface area contributed by atoms with E-state index in [0.29, 0.717) is 11.1 Å². The lowest BCUT2D eigenvalue weighted by molar-refractivity contribution is 0.463. The lowest BCUT2D eigenvalue weighted by Gasteiger charge is -2.19. The van der Waals surface area contributed by atoms with Gasteiger partial charge in [0.05, 0.1) is 0 Å². The molecule has 0 aliphatic heterocycles. The van der Waals surface area contributed by atoms with Gasteiger partial charge in [-0.3, -0.25) is 0 Å². The lowest BCUT2D eigenvalue weighted by Crippen LogP contribution is -1.95. The van der Waals surface area contributed by atoms with Crippen LogP contribution in [0.4, 0.5) is 0 Å². The molecule has 0 spiro atoms. The molecule has 5 aromatic carbocycles. The van der Waals surface area contributed by atoms with Gasteiger partial charge in [-0.05, 0) is 80.6 Å². The number of phenols is 2. The van der Waals surface area contributed by atoms with Gasteiger partial charge in [-0.15, -0.1) is 0 Å². The van der Waals surface area contributed by atoms with Crippen LogP contribution >= 0.6 is 0 Å². The summed E-state index contributed by atoms with van der Waals surface area (Å²) in [6, 6.07) is 32.7. The number of fused-ring (bicyclic) bond motifs is 6. The molecule has 0 aromatic heterocycles. The van der Waals surface area contributed by atoms with Crippen molar-refractivity contribution in [2.45, 2.75) is 12.8 Å². The summed E-state index contributed by atoms with van der Waals surface area (Å²) in [5.74, 6) is 0.371. The fourth-order valence-corrected chi connectivity index (χ4v) is 5.91. The highest BCUT2D eigenvalue weighted by molar-refractivity contribution is 5.98. The molecule has 0 atom stereocenters. The highest BCUT2D eigenvalue weighted by Gasteiger charge is 2.28. The predicted octanol–water partition coefficient (Wildman–Crippen LogP) is 7.57. The molecule has 2 N–H and O–H groups in total. The maximum Gasteiger partial charge on any atom is 0.124 e. The molecule has 2 aliphatic carbocycles. The second kappa shape index (κ2) is 7.10. The average molecular weight is 439 g/mol. The Labute approximate surface area is 198 Å². The van der Waals surface area contributed by atoms with E-state index >= 15 is 0 Å². The maximum absolute atomic E-state index is 11.2. The standard InChI is InChI=1S/C32H22O2/c33-29-15-16-30(34)32(26-14-6-12-24-22-10-4-2-8-20(22)18-28(24)26)31(29)25-13-5-11-23-21-9-3-1-7-19(21)17-27(23)25/h1-16,33-34H,17-18H2. The van der Waals surface area contributed by atoms with Gasteiger partial charge in [0.2, 0.25) is 0 Å². The van der Waals surface area contributed by atoms with Crippen molar-refractivity contribution in [2.75, 3.05) is 0 Å². The Morgan fingerprint density at radius 1 is 0.382 bits per heavy atom. The molecule has 0 amide bonds. The molecule has 0 saturated heterocycles. The fraction of sp³-hybridized carbons (Fsp3) is 0.0625. The first-order chi connectivity index (χ1) is 16.7. The highest BCUT2D eigenvalue weighted by atomic mass is 16.3. The molecule has 0 fully saturated rings. The van der Waals surface area contributed by atoms with Gasteiger partial charge in [0.15, 0.2) is 0 Å². The minimum Gasteiger partial charge on any atom is -0.507 e. The molecule has 0 radical (unpaired) electrons. The summed E-state index contributed by atoms with van der Waals surface area (Å²) in [6.45, 7) is 0. The SMILES string of the molecule is Oc1ccc(O)c(-c2cccc3c2Cc2ccccc2-3)c1-c1cccc2c1Cc1ccccc1-2. The Hall–Kier alpha value is -4.30. The minimum absolute atomic E-state index is 0.185. The first-order valence-corrected chi connectivity index (χ1v) is 11.7. The van der Waals surface area contributed by atoms with Gasteiger partial charge in [-0.25, -0.2) is 0 Å². The van der Waals surface area contributed by atoms with Crippen molar-refractivity contribution >= 4 is 0 Å². The summed E-state index contributed by atoms with van der Waals surface area (Å²) in [4.78, 5) is 0. The molecule has 2 aliphatic rings. The number of hydrogen-bond donors (Lipinski definition) is 2. The largest absolute Gasteiger partial charge is 0.507 e. The molecule has 162 valence electrons. The van der Waals surface area contributed by atoms with Gasteiger partial charge >= 0.3 is 0 Å². The highest BCUT2D eigenvalue weighted by Crippen LogP contribution is 2.51.